The van der Waals surface area contributed by atoms with Gasteiger partial charge in [0.2, 0.25) is 5.91 Å². The van der Waals surface area contributed by atoms with Crippen LogP contribution >= 0.6 is 0 Å². The van der Waals surface area contributed by atoms with Crippen LogP contribution < -0.4 is 5.32 Å². The first-order valence-corrected chi connectivity index (χ1v) is 7.12. The number of carboxylic acids is 1. The van der Waals surface area contributed by atoms with Crippen LogP contribution in [0.2, 0.25) is 0 Å². The number of amides is 1. The third-order valence-corrected chi connectivity index (χ3v) is 3.59. The summed E-state index contributed by atoms with van der Waals surface area (Å²) in [7, 11) is 0. The Labute approximate surface area is 125 Å². The van der Waals surface area contributed by atoms with Crippen LogP contribution in [0.15, 0.2) is 24.3 Å². The lowest BCUT2D eigenvalue weighted by Crippen LogP contribution is -2.35. The molecule has 0 bridgehead atoms. The Morgan fingerprint density at radius 3 is 2.38 bits per heavy atom. The van der Waals surface area contributed by atoms with Crippen LogP contribution in [0.4, 0.5) is 0 Å². The summed E-state index contributed by atoms with van der Waals surface area (Å²) in [4.78, 5) is 22.9. The number of carboxylic acid groups (broad SMARTS) is 1. The molecule has 0 aliphatic heterocycles. The number of benzene rings is 1. The molecule has 21 heavy (non-hydrogen) atoms. The molecule has 116 valence electrons. The number of carbonyl (C=O) groups is 2. The van der Waals surface area contributed by atoms with E-state index in [0.29, 0.717) is 19.8 Å². The molecule has 0 fully saturated rings. The Balaban J connectivity index is 2.62. The van der Waals surface area contributed by atoms with Crippen molar-refractivity contribution in [1.82, 2.24) is 5.32 Å². The number of carbonyl (C=O) groups excluding carboxylic acids is 1. The van der Waals surface area contributed by atoms with E-state index in [9.17, 15) is 9.59 Å². The molecule has 5 heteroatoms. The van der Waals surface area contributed by atoms with Crippen molar-refractivity contribution in [2.24, 2.45) is 11.8 Å². The first kappa shape index (κ1) is 17.2. The van der Waals surface area contributed by atoms with Crippen molar-refractivity contribution in [2.75, 3.05) is 6.61 Å². The van der Waals surface area contributed by atoms with E-state index < -0.39 is 17.8 Å². The van der Waals surface area contributed by atoms with Crippen LogP contribution in [0.5, 0.6) is 0 Å². The van der Waals surface area contributed by atoms with Crippen molar-refractivity contribution in [1.29, 1.82) is 0 Å². The van der Waals surface area contributed by atoms with E-state index in [4.69, 9.17) is 9.84 Å². The lowest BCUT2D eigenvalue weighted by molar-refractivity contribution is -0.146. The molecular weight excluding hydrogens is 270 g/mol. The van der Waals surface area contributed by atoms with Gasteiger partial charge in [0.05, 0.1) is 12.5 Å². The van der Waals surface area contributed by atoms with Crippen molar-refractivity contribution < 1.29 is 19.4 Å². The van der Waals surface area contributed by atoms with Gasteiger partial charge in [0.1, 0.15) is 0 Å². The quantitative estimate of drug-likeness (QED) is 0.770. The van der Waals surface area contributed by atoms with Gasteiger partial charge >= 0.3 is 5.97 Å². The zero-order valence-corrected chi connectivity index (χ0v) is 12.8. The minimum absolute atomic E-state index is 0.254. The SMILES string of the molecule is CCOCc1ccccc1CNC(=O)C(C)C(C)C(=O)O. The molecule has 0 aliphatic carbocycles. The second-order valence-electron chi connectivity index (χ2n) is 5.04. The molecule has 1 amide bonds. The summed E-state index contributed by atoms with van der Waals surface area (Å²) < 4.78 is 5.39. The van der Waals surface area contributed by atoms with Gasteiger partial charge in [-0.1, -0.05) is 38.1 Å². The van der Waals surface area contributed by atoms with Crippen molar-refractivity contribution >= 4 is 11.9 Å². The molecule has 0 heterocycles. The number of rotatable bonds is 8. The Morgan fingerprint density at radius 1 is 1.19 bits per heavy atom. The normalized spacial score (nSPS) is 13.5. The Morgan fingerprint density at radius 2 is 1.81 bits per heavy atom. The molecule has 2 N–H and O–H groups in total. The highest BCUT2D eigenvalue weighted by atomic mass is 16.5. The van der Waals surface area contributed by atoms with Crippen molar-refractivity contribution in [3.63, 3.8) is 0 Å². The molecule has 1 aromatic carbocycles. The van der Waals surface area contributed by atoms with E-state index in [2.05, 4.69) is 5.32 Å². The molecule has 1 rings (SSSR count). The standard InChI is InChI=1S/C16H23NO4/c1-4-21-10-14-8-6-5-7-13(14)9-17-15(18)11(2)12(3)16(19)20/h5-8,11-12H,4,9-10H2,1-3H3,(H,17,18)(H,19,20). The number of hydrogen-bond acceptors (Lipinski definition) is 3. The predicted octanol–water partition coefficient (Wildman–Crippen LogP) is 2.20. The number of aliphatic carboxylic acids is 1. The zero-order valence-electron chi connectivity index (χ0n) is 12.8. The summed E-state index contributed by atoms with van der Waals surface area (Å²) in [5, 5.41) is 11.7. The third-order valence-electron chi connectivity index (χ3n) is 3.59. The average molecular weight is 293 g/mol. The Hall–Kier alpha value is -1.88. The number of hydrogen-bond donors (Lipinski definition) is 2. The molecular formula is C16H23NO4. The highest BCUT2D eigenvalue weighted by molar-refractivity contribution is 5.84. The van der Waals surface area contributed by atoms with Gasteiger partial charge in [-0.3, -0.25) is 9.59 Å². The summed E-state index contributed by atoms with van der Waals surface area (Å²) >= 11 is 0. The van der Waals surface area contributed by atoms with Crippen LogP contribution in [0.1, 0.15) is 31.9 Å². The van der Waals surface area contributed by atoms with E-state index in [0.717, 1.165) is 11.1 Å². The van der Waals surface area contributed by atoms with Crippen LogP contribution in [-0.2, 0) is 27.5 Å². The second kappa shape index (κ2) is 8.42. The van der Waals surface area contributed by atoms with Gasteiger partial charge in [-0.2, -0.15) is 0 Å². The maximum atomic E-state index is 12.0. The molecule has 0 radical (unpaired) electrons. The summed E-state index contributed by atoms with van der Waals surface area (Å²) in [5.41, 5.74) is 2.01. The fourth-order valence-corrected chi connectivity index (χ4v) is 1.87. The van der Waals surface area contributed by atoms with E-state index in [1.54, 1.807) is 6.92 Å². The van der Waals surface area contributed by atoms with Gasteiger partial charge in [-0.05, 0) is 18.1 Å². The van der Waals surface area contributed by atoms with Gasteiger partial charge in [0, 0.05) is 19.1 Å². The minimum Gasteiger partial charge on any atom is -0.481 e. The monoisotopic (exact) mass is 293 g/mol. The summed E-state index contributed by atoms with van der Waals surface area (Å²) in [6.07, 6.45) is 0. The number of ether oxygens (including phenoxy) is 1. The van der Waals surface area contributed by atoms with E-state index in [1.807, 2.05) is 31.2 Å². The predicted molar refractivity (Wildman–Crippen MR) is 79.6 cm³/mol. The fourth-order valence-electron chi connectivity index (χ4n) is 1.87. The number of nitrogens with one attached hydrogen (secondary N) is 1. The Bertz CT molecular complexity index is 487. The van der Waals surface area contributed by atoms with E-state index in [-0.39, 0.29) is 5.91 Å². The molecule has 5 nitrogen and oxygen atoms in total. The van der Waals surface area contributed by atoms with Gasteiger partial charge in [-0.25, -0.2) is 0 Å². The summed E-state index contributed by atoms with van der Waals surface area (Å²) in [6, 6.07) is 7.72. The highest BCUT2D eigenvalue weighted by Crippen LogP contribution is 2.13. The Kier molecular flexibility index (Phi) is 6.88. The molecule has 0 aromatic heterocycles. The highest BCUT2D eigenvalue weighted by Gasteiger charge is 2.25. The molecule has 0 spiro atoms. The summed E-state index contributed by atoms with van der Waals surface area (Å²) in [6.45, 7) is 6.60. The molecule has 0 saturated heterocycles. The van der Waals surface area contributed by atoms with Crippen molar-refractivity contribution in [3.8, 4) is 0 Å². The lowest BCUT2D eigenvalue weighted by atomic mass is 9.95. The third kappa shape index (κ3) is 5.19. The topological polar surface area (TPSA) is 75.6 Å². The van der Waals surface area contributed by atoms with Gasteiger partial charge in [0.15, 0.2) is 0 Å². The molecule has 1 aromatic rings. The van der Waals surface area contributed by atoms with Crippen LogP contribution in [0.3, 0.4) is 0 Å². The van der Waals surface area contributed by atoms with Gasteiger partial charge in [-0.15, -0.1) is 0 Å². The summed E-state index contributed by atoms with van der Waals surface area (Å²) in [5.74, 6) is -2.49. The van der Waals surface area contributed by atoms with E-state index in [1.165, 1.54) is 6.92 Å². The van der Waals surface area contributed by atoms with Gasteiger partial charge < -0.3 is 15.2 Å². The van der Waals surface area contributed by atoms with Crippen molar-refractivity contribution in [2.45, 2.75) is 33.9 Å². The molecule has 2 unspecified atom stereocenters. The molecule has 2 atom stereocenters. The van der Waals surface area contributed by atoms with Crippen LogP contribution in [-0.4, -0.2) is 23.6 Å². The van der Waals surface area contributed by atoms with Crippen LogP contribution in [0, 0.1) is 11.8 Å². The molecule has 0 aliphatic rings. The smallest absolute Gasteiger partial charge is 0.307 e. The maximum Gasteiger partial charge on any atom is 0.307 e. The minimum atomic E-state index is -0.964. The molecule has 0 saturated carbocycles. The first-order chi connectivity index (χ1) is 9.97. The zero-order chi connectivity index (χ0) is 15.8. The van der Waals surface area contributed by atoms with Gasteiger partial charge in [0.25, 0.3) is 0 Å². The van der Waals surface area contributed by atoms with Crippen LogP contribution in [0.25, 0.3) is 0 Å². The first-order valence-electron chi connectivity index (χ1n) is 7.12. The average Bonchev–Trinajstić information content (AvgIpc) is 2.49. The maximum absolute atomic E-state index is 12.0. The van der Waals surface area contributed by atoms with Crippen molar-refractivity contribution in [3.05, 3.63) is 35.4 Å². The largest absolute Gasteiger partial charge is 0.481 e. The lowest BCUT2D eigenvalue weighted by Gasteiger charge is -2.17. The van der Waals surface area contributed by atoms with E-state index >= 15 is 0 Å². The fraction of sp³-hybridized carbons (Fsp3) is 0.500. The second-order valence-corrected chi connectivity index (χ2v) is 5.04.